The molecule has 7 heteroatoms. The molecule has 0 saturated carbocycles. The molecule has 0 spiro atoms. The number of carbonyl (C=O) groups excluding carboxylic acids is 2. The lowest BCUT2D eigenvalue weighted by molar-refractivity contribution is 0.0993. The first-order valence-electron chi connectivity index (χ1n) is 8.17. The maximum Gasteiger partial charge on any atom is 0.291 e. The van der Waals surface area contributed by atoms with E-state index in [-0.39, 0.29) is 11.7 Å². The molecule has 0 atom stereocenters. The minimum atomic E-state index is -0.438. The molecular formula is C20H18ClN3O3. The van der Waals surface area contributed by atoms with Crippen LogP contribution in [0.25, 0.3) is 0 Å². The smallest absolute Gasteiger partial charge is 0.291 e. The summed E-state index contributed by atoms with van der Waals surface area (Å²) in [6, 6.07) is 15.2. The third kappa shape index (κ3) is 4.48. The minimum absolute atomic E-state index is 0.158. The van der Waals surface area contributed by atoms with Crippen molar-refractivity contribution in [2.24, 2.45) is 0 Å². The lowest BCUT2D eigenvalue weighted by Gasteiger charge is -2.15. The summed E-state index contributed by atoms with van der Waals surface area (Å²) in [5, 5.41) is 5.94. The van der Waals surface area contributed by atoms with Crippen molar-refractivity contribution in [3.63, 3.8) is 0 Å². The van der Waals surface area contributed by atoms with Gasteiger partial charge in [-0.3, -0.25) is 9.59 Å². The normalized spacial score (nSPS) is 10.3. The number of hydrogen-bond donors (Lipinski definition) is 2. The van der Waals surface area contributed by atoms with Crippen molar-refractivity contribution in [1.82, 2.24) is 0 Å². The fourth-order valence-corrected chi connectivity index (χ4v) is 2.61. The van der Waals surface area contributed by atoms with E-state index >= 15 is 0 Å². The summed E-state index contributed by atoms with van der Waals surface area (Å²) in [7, 11) is 3.80. The summed E-state index contributed by atoms with van der Waals surface area (Å²) in [5.41, 5.74) is 2.21. The van der Waals surface area contributed by atoms with Gasteiger partial charge >= 0.3 is 0 Å². The van der Waals surface area contributed by atoms with Gasteiger partial charge in [-0.15, -0.1) is 0 Å². The highest BCUT2D eigenvalue weighted by molar-refractivity contribution is 6.31. The molecule has 2 aromatic carbocycles. The second-order valence-corrected chi connectivity index (χ2v) is 6.46. The van der Waals surface area contributed by atoms with Crippen molar-refractivity contribution in [3.05, 3.63) is 77.2 Å². The number of carbonyl (C=O) groups is 2. The number of halogens is 1. The number of nitrogens with one attached hydrogen (secondary N) is 2. The lowest BCUT2D eigenvalue weighted by Crippen LogP contribution is -2.17. The molecule has 3 aromatic rings. The summed E-state index contributed by atoms with van der Waals surface area (Å²) < 4.78 is 5.09. The fourth-order valence-electron chi connectivity index (χ4n) is 2.44. The summed E-state index contributed by atoms with van der Waals surface area (Å²) in [6.45, 7) is 0. The molecule has 0 unspecified atom stereocenters. The topological polar surface area (TPSA) is 74.6 Å². The zero-order chi connectivity index (χ0) is 19.4. The van der Waals surface area contributed by atoms with E-state index in [1.165, 1.54) is 6.26 Å². The highest BCUT2D eigenvalue weighted by Gasteiger charge is 2.15. The second-order valence-electron chi connectivity index (χ2n) is 6.02. The van der Waals surface area contributed by atoms with E-state index in [0.29, 0.717) is 22.0 Å². The van der Waals surface area contributed by atoms with Crippen LogP contribution in [0.15, 0.2) is 65.3 Å². The van der Waals surface area contributed by atoms with E-state index in [4.69, 9.17) is 16.0 Å². The van der Waals surface area contributed by atoms with Gasteiger partial charge in [0.1, 0.15) is 0 Å². The van der Waals surface area contributed by atoms with Gasteiger partial charge in [-0.25, -0.2) is 0 Å². The average Bonchev–Trinajstić information content (AvgIpc) is 3.19. The Balaban J connectivity index is 1.83. The number of hydrogen-bond acceptors (Lipinski definition) is 4. The molecule has 0 aliphatic carbocycles. The van der Waals surface area contributed by atoms with Crippen molar-refractivity contribution in [1.29, 1.82) is 0 Å². The summed E-state index contributed by atoms with van der Waals surface area (Å²) in [6.07, 6.45) is 1.41. The first-order chi connectivity index (χ1) is 12.9. The van der Waals surface area contributed by atoms with E-state index in [1.807, 2.05) is 31.1 Å². The highest BCUT2D eigenvalue weighted by Crippen LogP contribution is 2.27. The maximum atomic E-state index is 12.6. The number of nitrogens with zero attached hydrogens (tertiary/aromatic N) is 1. The van der Waals surface area contributed by atoms with Crippen molar-refractivity contribution in [3.8, 4) is 0 Å². The standard InChI is InChI=1S/C20H18ClN3O3/c1-24(2)15-6-3-5-13(11-15)19(25)22-16-9-8-14(21)12-17(16)23-20(26)18-7-4-10-27-18/h3-12H,1-2H3,(H,22,25)(H,23,26). The van der Waals surface area contributed by atoms with E-state index in [9.17, 15) is 9.59 Å². The summed E-state index contributed by atoms with van der Waals surface area (Å²) in [4.78, 5) is 26.8. The average molecular weight is 384 g/mol. The predicted octanol–water partition coefficient (Wildman–Crippen LogP) is 4.50. The Morgan fingerprint density at radius 2 is 1.70 bits per heavy atom. The highest BCUT2D eigenvalue weighted by atomic mass is 35.5. The third-order valence-electron chi connectivity index (χ3n) is 3.85. The molecule has 2 amide bonds. The number of amides is 2. The fraction of sp³-hybridized carbons (Fsp3) is 0.100. The van der Waals surface area contributed by atoms with Crippen LogP contribution in [0.3, 0.4) is 0 Å². The molecule has 3 rings (SSSR count). The molecule has 0 bridgehead atoms. The first kappa shape index (κ1) is 18.5. The monoisotopic (exact) mass is 383 g/mol. The van der Waals surface area contributed by atoms with Gasteiger partial charge in [0.05, 0.1) is 17.6 Å². The Morgan fingerprint density at radius 1 is 0.926 bits per heavy atom. The second kappa shape index (κ2) is 7.97. The molecule has 0 fully saturated rings. The molecule has 0 aliphatic heterocycles. The lowest BCUT2D eigenvalue weighted by atomic mass is 10.1. The molecule has 1 heterocycles. The Kier molecular flexibility index (Phi) is 5.47. The van der Waals surface area contributed by atoms with Gasteiger partial charge in [-0.2, -0.15) is 0 Å². The van der Waals surface area contributed by atoms with Gasteiger partial charge in [-0.05, 0) is 48.5 Å². The van der Waals surface area contributed by atoms with Crippen LogP contribution >= 0.6 is 11.6 Å². The SMILES string of the molecule is CN(C)c1cccc(C(=O)Nc2ccc(Cl)cc2NC(=O)c2ccco2)c1. The van der Waals surface area contributed by atoms with Crippen LogP contribution < -0.4 is 15.5 Å². The van der Waals surface area contributed by atoms with E-state index in [0.717, 1.165) is 5.69 Å². The van der Waals surface area contributed by atoms with Gasteiger partial charge in [-0.1, -0.05) is 17.7 Å². The first-order valence-corrected chi connectivity index (χ1v) is 8.55. The van der Waals surface area contributed by atoms with Crippen molar-refractivity contribution in [2.45, 2.75) is 0 Å². The molecule has 1 aromatic heterocycles. The Morgan fingerprint density at radius 3 is 2.41 bits per heavy atom. The Labute approximate surface area is 161 Å². The summed E-state index contributed by atoms with van der Waals surface area (Å²) >= 11 is 6.04. The molecule has 138 valence electrons. The van der Waals surface area contributed by atoms with Crippen LogP contribution in [-0.2, 0) is 0 Å². The van der Waals surface area contributed by atoms with Gasteiger partial charge < -0.3 is 20.0 Å². The Bertz CT molecular complexity index is 968. The number of rotatable bonds is 5. The van der Waals surface area contributed by atoms with Crippen LogP contribution in [0.4, 0.5) is 17.1 Å². The zero-order valence-electron chi connectivity index (χ0n) is 14.8. The van der Waals surface area contributed by atoms with Crippen LogP contribution in [-0.4, -0.2) is 25.9 Å². The molecule has 0 aliphatic rings. The molecular weight excluding hydrogens is 366 g/mol. The molecule has 2 N–H and O–H groups in total. The molecule has 27 heavy (non-hydrogen) atoms. The van der Waals surface area contributed by atoms with Crippen molar-refractivity contribution >= 4 is 40.5 Å². The minimum Gasteiger partial charge on any atom is -0.459 e. The molecule has 6 nitrogen and oxygen atoms in total. The van der Waals surface area contributed by atoms with Gasteiger partial charge in [0.25, 0.3) is 11.8 Å². The largest absolute Gasteiger partial charge is 0.459 e. The van der Waals surface area contributed by atoms with Crippen LogP contribution in [0.5, 0.6) is 0 Å². The zero-order valence-corrected chi connectivity index (χ0v) is 15.6. The van der Waals surface area contributed by atoms with Gasteiger partial charge in [0.2, 0.25) is 0 Å². The number of furan rings is 1. The van der Waals surface area contributed by atoms with E-state index < -0.39 is 5.91 Å². The predicted molar refractivity (Wildman–Crippen MR) is 107 cm³/mol. The Hall–Kier alpha value is -3.25. The van der Waals surface area contributed by atoms with E-state index in [1.54, 1.807) is 42.5 Å². The van der Waals surface area contributed by atoms with Gasteiger partial charge in [0.15, 0.2) is 5.76 Å². The van der Waals surface area contributed by atoms with Crippen LogP contribution in [0.1, 0.15) is 20.9 Å². The third-order valence-corrected chi connectivity index (χ3v) is 4.08. The van der Waals surface area contributed by atoms with E-state index in [2.05, 4.69) is 10.6 Å². The van der Waals surface area contributed by atoms with Crippen LogP contribution in [0, 0.1) is 0 Å². The number of anilines is 3. The van der Waals surface area contributed by atoms with Crippen LogP contribution in [0.2, 0.25) is 5.02 Å². The van der Waals surface area contributed by atoms with Crippen molar-refractivity contribution in [2.75, 3.05) is 29.6 Å². The summed E-state index contributed by atoms with van der Waals surface area (Å²) in [5.74, 6) is -0.576. The maximum absolute atomic E-state index is 12.6. The molecule has 0 radical (unpaired) electrons. The van der Waals surface area contributed by atoms with Gasteiger partial charge in [0, 0.05) is 30.4 Å². The van der Waals surface area contributed by atoms with Crippen molar-refractivity contribution < 1.29 is 14.0 Å². The molecule has 0 saturated heterocycles. The number of benzene rings is 2. The quantitative estimate of drug-likeness (QED) is 0.680.